The maximum Gasteiger partial charge on any atom is 0.253 e. The molecular formula is C22H22N4OS. The lowest BCUT2D eigenvalue weighted by atomic mass is 10.1. The lowest BCUT2D eigenvalue weighted by Crippen LogP contribution is -2.49. The Hall–Kier alpha value is -2.86. The second-order valence-electron chi connectivity index (χ2n) is 6.63. The Bertz CT molecular complexity index is 895. The number of carbonyl (C=O) groups excluding carboxylic acids is 1. The fourth-order valence-electron chi connectivity index (χ4n) is 3.17. The average molecular weight is 391 g/mol. The van der Waals surface area contributed by atoms with Crippen LogP contribution in [0.2, 0.25) is 0 Å². The van der Waals surface area contributed by atoms with Gasteiger partial charge in [0.15, 0.2) is 0 Å². The molecule has 0 aliphatic carbocycles. The highest BCUT2D eigenvalue weighted by molar-refractivity contribution is 7.98. The van der Waals surface area contributed by atoms with Crippen LogP contribution in [0.3, 0.4) is 0 Å². The SMILES string of the molecule is O=C(c1ccc(CSc2ccccc2)cc1)N1CCN(c2ncccn2)CC1. The number of benzene rings is 2. The summed E-state index contributed by atoms with van der Waals surface area (Å²) in [5.74, 6) is 1.72. The largest absolute Gasteiger partial charge is 0.337 e. The number of nitrogens with zero attached hydrogens (tertiary/aromatic N) is 4. The zero-order chi connectivity index (χ0) is 19.2. The van der Waals surface area contributed by atoms with Gasteiger partial charge in [-0.2, -0.15) is 0 Å². The molecule has 1 amide bonds. The molecule has 28 heavy (non-hydrogen) atoms. The molecule has 1 aromatic heterocycles. The van der Waals surface area contributed by atoms with Crippen LogP contribution in [0, 0.1) is 0 Å². The van der Waals surface area contributed by atoms with E-state index in [-0.39, 0.29) is 5.91 Å². The molecule has 2 aromatic carbocycles. The molecule has 6 heteroatoms. The van der Waals surface area contributed by atoms with Crippen LogP contribution >= 0.6 is 11.8 Å². The molecule has 3 aromatic rings. The number of anilines is 1. The van der Waals surface area contributed by atoms with E-state index in [1.807, 2.05) is 41.3 Å². The molecule has 1 fully saturated rings. The number of carbonyl (C=O) groups is 1. The molecule has 0 N–H and O–H groups in total. The van der Waals surface area contributed by atoms with Crippen LogP contribution in [0.25, 0.3) is 0 Å². The van der Waals surface area contributed by atoms with Crippen LogP contribution in [-0.2, 0) is 5.75 Å². The molecule has 0 saturated carbocycles. The molecule has 0 atom stereocenters. The van der Waals surface area contributed by atoms with Crippen LogP contribution in [0.1, 0.15) is 15.9 Å². The van der Waals surface area contributed by atoms with E-state index < -0.39 is 0 Å². The Balaban J connectivity index is 1.31. The summed E-state index contributed by atoms with van der Waals surface area (Å²) in [5.41, 5.74) is 1.97. The predicted octanol–water partition coefficient (Wildman–Crippen LogP) is 3.73. The molecule has 5 nitrogen and oxygen atoms in total. The highest BCUT2D eigenvalue weighted by Crippen LogP contribution is 2.22. The Morgan fingerprint density at radius 3 is 2.21 bits per heavy atom. The summed E-state index contributed by atoms with van der Waals surface area (Å²) in [6.07, 6.45) is 3.50. The molecule has 0 spiro atoms. The first kappa shape index (κ1) is 18.5. The molecule has 0 unspecified atom stereocenters. The Morgan fingerprint density at radius 1 is 0.857 bits per heavy atom. The zero-order valence-corrected chi connectivity index (χ0v) is 16.4. The minimum Gasteiger partial charge on any atom is -0.337 e. The summed E-state index contributed by atoms with van der Waals surface area (Å²) in [6.45, 7) is 2.87. The molecule has 4 rings (SSSR count). The summed E-state index contributed by atoms with van der Waals surface area (Å²) in [6, 6.07) is 20.1. The minimum atomic E-state index is 0.0934. The number of hydrogen-bond acceptors (Lipinski definition) is 5. The number of hydrogen-bond donors (Lipinski definition) is 0. The number of thioether (sulfide) groups is 1. The zero-order valence-electron chi connectivity index (χ0n) is 15.6. The van der Waals surface area contributed by atoms with E-state index >= 15 is 0 Å². The van der Waals surface area contributed by atoms with Crippen molar-refractivity contribution in [2.75, 3.05) is 31.1 Å². The second-order valence-corrected chi connectivity index (χ2v) is 7.68. The highest BCUT2D eigenvalue weighted by Gasteiger charge is 2.23. The molecule has 2 heterocycles. The summed E-state index contributed by atoms with van der Waals surface area (Å²) in [5, 5.41) is 0. The lowest BCUT2D eigenvalue weighted by molar-refractivity contribution is 0.0746. The molecular weight excluding hydrogens is 368 g/mol. The maximum absolute atomic E-state index is 12.8. The van der Waals surface area contributed by atoms with Gasteiger partial charge in [0.05, 0.1) is 0 Å². The Morgan fingerprint density at radius 2 is 1.54 bits per heavy atom. The summed E-state index contributed by atoms with van der Waals surface area (Å²) in [4.78, 5) is 26.7. The van der Waals surface area contributed by atoms with Gasteiger partial charge in [-0.05, 0) is 35.9 Å². The summed E-state index contributed by atoms with van der Waals surface area (Å²) >= 11 is 1.80. The van der Waals surface area contributed by atoms with Crippen LogP contribution in [0.5, 0.6) is 0 Å². The topological polar surface area (TPSA) is 49.3 Å². The first-order chi connectivity index (χ1) is 13.8. The van der Waals surface area contributed by atoms with Gasteiger partial charge in [-0.25, -0.2) is 9.97 Å². The van der Waals surface area contributed by atoms with E-state index in [1.54, 1.807) is 24.2 Å². The van der Waals surface area contributed by atoms with Crippen molar-refractivity contribution in [3.8, 4) is 0 Å². The van der Waals surface area contributed by atoms with E-state index in [2.05, 4.69) is 39.1 Å². The average Bonchev–Trinajstić information content (AvgIpc) is 2.79. The molecule has 0 radical (unpaired) electrons. The van der Waals surface area contributed by atoms with Crippen molar-refractivity contribution in [2.24, 2.45) is 0 Å². The van der Waals surface area contributed by atoms with Gasteiger partial charge in [-0.15, -0.1) is 11.8 Å². The van der Waals surface area contributed by atoms with Gasteiger partial charge in [0.1, 0.15) is 0 Å². The smallest absolute Gasteiger partial charge is 0.253 e. The van der Waals surface area contributed by atoms with Crippen LogP contribution in [-0.4, -0.2) is 47.0 Å². The third-order valence-electron chi connectivity index (χ3n) is 4.75. The van der Waals surface area contributed by atoms with Gasteiger partial charge in [-0.3, -0.25) is 4.79 Å². The van der Waals surface area contributed by atoms with E-state index in [4.69, 9.17) is 0 Å². The quantitative estimate of drug-likeness (QED) is 0.621. The lowest BCUT2D eigenvalue weighted by Gasteiger charge is -2.34. The van der Waals surface area contributed by atoms with Crippen molar-refractivity contribution < 1.29 is 4.79 Å². The summed E-state index contributed by atoms with van der Waals surface area (Å²) in [7, 11) is 0. The van der Waals surface area contributed by atoms with Crippen molar-refractivity contribution in [1.82, 2.24) is 14.9 Å². The Kier molecular flexibility index (Phi) is 5.87. The first-order valence-electron chi connectivity index (χ1n) is 9.37. The fourth-order valence-corrected chi connectivity index (χ4v) is 4.05. The number of piperazine rings is 1. The van der Waals surface area contributed by atoms with Crippen LogP contribution < -0.4 is 4.90 Å². The van der Waals surface area contributed by atoms with E-state index in [9.17, 15) is 4.79 Å². The van der Waals surface area contributed by atoms with Gasteiger partial charge >= 0.3 is 0 Å². The van der Waals surface area contributed by atoms with Crippen molar-refractivity contribution in [1.29, 1.82) is 0 Å². The Labute approximate surface area is 169 Å². The van der Waals surface area contributed by atoms with Gasteiger partial charge in [-0.1, -0.05) is 30.3 Å². The van der Waals surface area contributed by atoms with Crippen molar-refractivity contribution in [2.45, 2.75) is 10.6 Å². The molecule has 1 aliphatic rings. The number of amides is 1. The van der Waals surface area contributed by atoms with Gasteiger partial charge in [0.25, 0.3) is 5.91 Å². The summed E-state index contributed by atoms with van der Waals surface area (Å²) < 4.78 is 0. The normalized spacial score (nSPS) is 14.1. The van der Waals surface area contributed by atoms with Gasteiger partial charge in [0, 0.05) is 54.8 Å². The van der Waals surface area contributed by atoms with Gasteiger partial charge < -0.3 is 9.80 Å². The van der Waals surface area contributed by atoms with E-state index in [0.717, 1.165) is 30.4 Å². The molecule has 1 aliphatic heterocycles. The molecule has 142 valence electrons. The standard InChI is InChI=1S/C22H22N4OS/c27-21(25-13-15-26(16-14-25)22-23-11-4-12-24-22)19-9-7-18(8-10-19)17-28-20-5-2-1-3-6-20/h1-12H,13-17H2. The number of rotatable bonds is 5. The molecule has 1 saturated heterocycles. The van der Waals surface area contributed by atoms with E-state index in [1.165, 1.54) is 10.5 Å². The monoisotopic (exact) mass is 390 g/mol. The maximum atomic E-state index is 12.8. The van der Waals surface area contributed by atoms with Gasteiger partial charge in [0.2, 0.25) is 5.95 Å². The third-order valence-corrected chi connectivity index (χ3v) is 5.83. The van der Waals surface area contributed by atoms with Crippen molar-refractivity contribution in [3.05, 3.63) is 84.2 Å². The van der Waals surface area contributed by atoms with Crippen LogP contribution in [0.4, 0.5) is 5.95 Å². The number of aromatic nitrogens is 2. The molecule has 0 bridgehead atoms. The van der Waals surface area contributed by atoms with Crippen molar-refractivity contribution in [3.63, 3.8) is 0 Å². The highest BCUT2D eigenvalue weighted by atomic mass is 32.2. The predicted molar refractivity (Wildman–Crippen MR) is 113 cm³/mol. The van der Waals surface area contributed by atoms with E-state index in [0.29, 0.717) is 13.1 Å². The van der Waals surface area contributed by atoms with Crippen LogP contribution in [0.15, 0.2) is 78.0 Å². The second kappa shape index (κ2) is 8.89. The fraction of sp³-hybridized carbons (Fsp3) is 0.227. The van der Waals surface area contributed by atoms with Crippen molar-refractivity contribution >= 4 is 23.6 Å². The minimum absolute atomic E-state index is 0.0934. The third kappa shape index (κ3) is 4.51. The first-order valence-corrected chi connectivity index (χ1v) is 10.4.